The molecule has 1 unspecified atom stereocenters. The second-order valence-corrected chi connectivity index (χ2v) is 7.72. The van der Waals surface area contributed by atoms with E-state index < -0.39 is 0 Å². The molecule has 9 heteroatoms. The number of nitrogens with zero attached hydrogens (tertiary/aromatic N) is 3. The van der Waals surface area contributed by atoms with E-state index in [-0.39, 0.29) is 25.2 Å². The summed E-state index contributed by atoms with van der Waals surface area (Å²) in [4.78, 5) is 14.5. The first-order valence-corrected chi connectivity index (χ1v) is 10.4. The van der Waals surface area contributed by atoms with Crippen molar-refractivity contribution in [3.05, 3.63) is 40.9 Å². The molecule has 0 aliphatic carbocycles. The number of amides is 1. The minimum Gasteiger partial charge on any atom is -0.484 e. The standard InChI is InChI=1S/C20H19N3O5S/c24-18(10-25-15-3-4-16-17(8-15)27-12-26-16)23-6-1-2-13(9-23)19-21-22-20(28-19)14-5-7-29-11-14/h3-5,7-8,11,13H,1-2,6,9-10,12H2. The Bertz CT molecular complexity index is 1000. The van der Waals surface area contributed by atoms with E-state index in [1.54, 1.807) is 34.4 Å². The third kappa shape index (κ3) is 3.77. The van der Waals surface area contributed by atoms with Gasteiger partial charge in [0, 0.05) is 30.1 Å². The van der Waals surface area contributed by atoms with E-state index >= 15 is 0 Å². The van der Waals surface area contributed by atoms with Crippen LogP contribution in [0.25, 0.3) is 11.5 Å². The van der Waals surface area contributed by atoms with E-state index in [1.165, 1.54) is 0 Å². The van der Waals surface area contributed by atoms with E-state index in [0.29, 0.717) is 42.1 Å². The van der Waals surface area contributed by atoms with Crippen molar-refractivity contribution in [3.63, 3.8) is 0 Å². The molecule has 0 saturated carbocycles. The third-order valence-electron chi connectivity index (χ3n) is 5.04. The summed E-state index contributed by atoms with van der Waals surface area (Å²) in [6, 6.07) is 7.23. The van der Waals surface area contributed by atoms with Gasteiger partial charge in [-0.3, -0.25) is 4.79 Å². The predicted octanol–water partition coefficient (Wildman–Crippen LogP) is 3.31. The summed E-state index contributed by atoms with van der Waals surface area (Å²) >= 11 is 1.58. The Balaban J connectivity index is 1.20. The van der Waals surface area contributed by atoms with Gasteiger partial charge in [-0.2, -0.15) is 11.3 Å². The van der Waals surface area contributed by atoms with Crippen molar-refractivity contribution < 1.29 is 23.4 Å². The second kappa shape index (κ2) is 7.75. The van der Waals surface area contributed by atoms with Crippen LogP contribution in [-0.4, -0.2) is 47.5 Å². The number of likely N-dealkylation sites (tertiary alicyclic amines) is 1. The summed E-state index contributed by atoms with van der Waals surface area (Å²) < 4.78 is 22.1. The molecule has 0 radical (unpaired) electrons. The maximum absolute atomic E-state index is 12.7. The monoisotopic (exact) mass is 413 g/mol. The van der Waals surface area contributed by atoms with Crippen LogP contribution in [-0.2, 0) is 4.79 Å². The Labute approximate surface area is 171 Å². The van der Waals surface area contributed by atoms with E-state index in [0.717, 1.165) is 18.4 Å². The Hall–Kier alpha value is -3.07. The fourth-order valence-electron chi connectivity index (χ4n) is 3.51. The molecule has 0 N–H and O–H groups in total. The van der Waals surface area contributed by atoms with E-state index in [4.69, 9.17) is 18.6 Å². The maximum atomic E-state index is 12.7. The third-order valence-corrected chi connectivity index (χ3v) is 5.72. The zero-order valence-corrected chi connectivity index (χ0v) is 16.4. The molecular weight excluding hydrogens is 394 g/mol. The Morgan fingerprint density at radius 1 is 1.24 bits per heavy atom. The van der Waals surface area contributed by atoms with Gasteiger partial charge in [-0.25, -0.2) is 0 Å². The van der Waals surface area contributed by atoms with E-state index in [2.05, 4.69) is 10.2 Å². The average Bonchev–Trinajstić information content (AvgIpc) is 3.52. The van der Waals surface area contributed by atoms with Gasteiger partial charge >= 0.3 is 0 Å². The molecule has 1 amide bonds. The number of hydrogen-bond acceptors (Lipinski definition) is 8. The summed E-state index contributed by atoms with van der Waals surface area (Å²) in [6.45, 7) is 1.42. The lowest BCUT2D eigenvalue weighted by Crippen LogP contribution is -2.41. The Morgan fingerprint density at radius 2 is 2.17 bits per heavy atom. The van der Waals surface area contributed by atoms with Gasteiger partial charge in [-0.05, 0) is 36.4 Å². The van der Waals surface area contributed by atoms with Crippen LogP contribution in [0.15, 0.2) is 39.4 Å². The van der Waals surface area contributed by atoms with Crippen molar-refractivity contribution in [2.45, 2.75) is 18.8 Å². The highest BCUT2D eigenvalue weighted by atomic mass is 32.1. The molecular formula is C20H19N3O5S. The van der Waals surface area contributed by atoms with Crippen LogP contribution in [0.3, 0.4) is 0 Å². The fraction of sp³-hybridized carbons (Fsp3) is 0.350. The molecule has 1 fully saturated rings. The lowest BCUT2D eigenvalue weighted by Gasteiger charge is -2.31. The molecule has 1 atom stereocenters. The number of carbonyl (C=O) groups excluding carboxylic acids is 1. The zero-order valence-electron chi connectivity index (χ0n) is 15.6. The normalized spacial score (nSPS) is 18.1. The molecule has 2 aliphatic rings. The topological polar surface area (TPSA) is 86.9 Å². The van der Waals surface area contributed by atoms with Gasteiger partial charge in [0.1, 0.15) is 5.75 Å². The summed E-state index contributed by atoms with van der Waals surface area (Å²) in [6.07, 6.45) is 1.80. The quantitative estimate of drug-likeness (QED) is 0.634. The number of piperidine rings is 1. The van der Waals surface area contributed by atoms with Gasteiger partial charge in [0.15, 0.2) is 18.1 Å². The number of thiophene rings is 1. The van der Waals surface area contributed by atoms with Crippen LogP contribution in [0.1, 0.15) is 24.7 Å². The molecule has 4 heterocycles. The van der Waals surface area contributed by atoms with Crippen molar-refractivity contribution in [2.75, 3.05) is 26.5 Å². The number of aromatic nitrogens is 2. The summed E-state index contributed by atoms with van der Waals surface area (Å²) in [5.74, 6) is 2.97. The van der Waals surface area contributed by atoms with Crippen LogP contribution in [0.5, 0.6) is 17.2 Å². The van der Waals surface area contributed by atoms with Crippen molar-refractivity contribution in [1.29, 1.82) is 0 Å². The van der Waals surface area contributed by atoms with Crippen LogP contribution in [0.4, 0.5) is 0 Å². The van der Waals surface area contributed by atoms with Crippen molar-refractivity contribution >= 4 is 17.2 Å². The van der Waals surface area contributed by atoms with Crippen molar-refractivity contribution in [3.8, 4) is 28.7 Å². The van der Waals surface area contributed by atoms with E-state index in [9.17, 15) is 4.79 Å². The summed E-state index contributed by atoms with van der Waals surface area (Å²) in [5, 5.41) is 12.3. The van der Waals surface area contributed by atoms with Crippen molar-refractivity contribution in [1.82, 2.24) is 15.1 Å². The Morgan fingerprint density at radius 3 is 3.07 bits per heavy atom. The van der Waals surface area contributed by atoms with Crippen LogP contribution in [0, 0.1) is 0 Å². The molecule has 29 heavy (non-hydrogen) atoms. The van der Waals surface area contributed by atoms with Gasteiger partial charge in [0.2, 0.25) is 18.6 Å². The van der Waals surface area contributed by atoms with Crippen LogP contribution in [0.2, 0.25) is 0 Å². The first-order chi connectivity index (χ1) is 14.3. The van der Waals surface area contributed by atoms with Gasteiger partial charge in [0.25, 0.3) is 5.91 Å². The predicted molar refractivity (Wildman–Crippen MR) is 104 cm³/mol. The first-order valence-electron chi connectivity index (χ1n) is 9.42. The molecule has 2 aliphatic heterocycles. The molecule has 3 aromatic rings. The van der Waals surface area contributed by atoms with E-state index in [1.807, 2.05) is 16.8 Å². The first kappa shape index (κ1) is 18.0. The van der Waals surface area contributed by atoms with Gasteiger partial charge in [-0.15, -0.1) is 10.2 Å². The Kier molecular flexibility index (Phi) is 4.81. The molecule has 0 bridgehead atoms. The van der Waals surface area contributed by atoms with Crippen molar-refractivity contribution in [2.24, 2.45) is 0 Å². The minimum atomic E-state index is -0.0649. The summed E-state index contributed by atoms with van der Waals surface area (Å²) in [7, 11) is 0. The SMILES string of the molecule is O=C(COc1ccc2c(c1)OCO2)N1CCCC(c2nnc(-c3ccsc3)o2)C1. The maximum Gasteiger partial charge on any atom is 0.260 e. The highest BCUT2D eigenvalue weighted by Crippen LogP contribution is 2.35. The highest BCUT2D eigenvalue weighted by Gasteiger charge is 2.29. The van der Waals surface area contributed by atoms with Crippen LogP contribution < -0.4 is 14.2 Å². The molecule has 1 saturated heterocycles. The fourth-order valence-corrected chi connectivity index (χ4v) is 4.14. The van der Waals surface area contributed by atoms with Gasteiger partial charge in [0.05, 0.1) is 5.92 Å². The largest absolute Gasteiger partial charge is 0.484 e. The molecule has 2 aromatic heterocycles. The number of fused-ring (bicyclic) bond motifs is 1. The average molecular weight is 413 g/mol. The number of carbonyl (C=O) groups is 1. The molecule has 5 rings (SSSR count). The number of hydrogen-bond donors (Lipinski definition) is 0. The number of rotatable bonds is 5. The number of ether oxygens (including phenoxy) is 3. The molecule has 150 valence electrons. The second-order valence-electron chi connectivity index (χ2n) is 6.94. The van der Waals surface area contributed by atoms with Crippen LogP contribution >= 0.6 is 11.3 Å². The smallest absolute Gasteiger partial charge is 0.260 e. The highest BCUT2D eigenvalue weighted by molar-refractivity contribution is 7.08. The molecule has 8 nitrogen and oxygen atoms in total. The lowest BCUT2D eigenvalue weighted by molar-refractivity contribution is -0.134. The summed E-state index contributed by atoms with van der Waals surface area (Å²) in [5.41, 5.74) is 0.926. The minimum absolute atomic E-state index is 0.0314. The molecule has 1 aromatic carbocycles. The van der Waals surface area contributed by atoms with Gasteiger partial charge in [-0.1, -0.05) is 0 Å². The molecule has 0 spiro atoms. The zero-order chi connectivity index (χ0) is 19.6. The van der Waals surface area contributed by atoms with Gasteiger partial charge < -0.3 is 23.5 Å². The number of benzene rings is 1. The lowest BCUT2D eigenvalue weighted by atomic mass is 9.98.